The molecule has 1 aromatic rings. The van der Waals surface area contributed by atoms with Gasteiger partial charge in [-0.3, -0.25) is 5.32 Å². The van der Waals surface area contributed by atoms with Crippen LogP contribution in [0.15, 0.2) is 24.3 Å². The third-order valence-corrected chi connectivity index (χ3v) is 1.73. The highest BCUT2D eigenvalue weighted by molar-refractivity contribution is 5.82. The van der Waals surface area contributed by atoms with Crippen LogP contribution in [-0.4, -0.2) is 29.0 Å². The van der Waals surface area contributed by atoms with Crippen molar-refractivity contribution in [2.45, 2.75) is 6.04 Å². The second-order valence-electron chi connectivity index (χ2n) is 3.07. The van der Waals surface area contributed by atoms with E-state index in [1.54, 1.807) is 24.3 Å². The predicted molar refractivity (Wildman–Crippen MR) is 60.0 cm³/mol. The Hall–Kier alpha value is -2.03. The minimum Gasteiger partial charge on any atom is -0.465 e. The summed E-state index contributed by atoms with van der Waals surface area (Å²) in [5.41, 5.74) is 6.59. The van der Waals surface area contributed by atoms with Crippen LogP contribution in [0.5, 0.6) is 0 Å². The second-order valence-corrected chi connectivity index (χ2v) is 3.07. The van der Waals surface area contributed by atoms with E-state index < -0.39 is 12.1 Å². The first-order valence-corrected chi connectivity index (χ1v) is 4.60. The van der Waals surface area contributed by atoms with Gasteiger partial charge in [-0.1, -0.05) is 11.8 Å². The predicted octanol–water partition coefficient (Wildman–Crippen LogP) is 0.448. The molecule has 1 atom stereocenters. The molecule has 0 heterocycles. The number of nitrogens with one attached hydrogen (secondary N) is 1. The molecule has 1 unspecified atom stereocenters. The van der Waals surface area contributed by atoms with Crippen molar-refractivity contribution in [1.82, 2.24) is 0 Å². The van der Waals surface area contributed by atoms with Crippen LogP contribution in [0.1, 0.15) is 5.56 Å². The van der Waals surface area contributed by atoms with E-state index in [1.807, 2.05) is 0 Å². The molecule has 1 amide bonds. The van der Waals surface area contributed by atoms with E-state index in [4.69, 9.17) is 15.9 Å². The first-order valence-electron chi connectivity index (χ1n) is 4.60. The maximum atomic E-state index is 10.3. The number of hydrogen-bond acceptors (Lipinski definition) is 3. The Balaban J connectivity index is 2.70. The zero-order chi connectivity index (χ0) is 12.0. The van der Waals surface area contributed by atoms with E-state index in [0.717, 1.165) is 0 Å². The van der Waals surface area contributed by atoms with Crippen molar-refractivity contribution in [3.8, 4) is 11.8 Å². The largest absolute Gasteiger partial charge is 0.465 e. The van der Waals surface area contributed by atoms with Crippen molar-refractivity contribution in [3.05, 3.63) is 29.8 Å². The van der Waals surface area contributed by atoms with Gasteiger partial charge in [-0.05, 0) is 24.3 Å². The van der Waals surface area contributed by atoms with Gasteiger partial charge in [0.1, 0.15) is 0 Å². The van der Waals surface area contributed by atoms with Gasteiger partial charge in [0.15, 0.2) is 0 Å². The fourth-order valence-corrected chi connectivity index (χ4v) is 0.982. The molecule has 0 radical (unpaired) electrons. The van der Waals surface area contributed by atoms with Gasteiger partial charge in [-0.2, -0.15) is 0 Å². The molecule has 0 aliphatic heterocycles. The monoisotopic (exact) mass is 220 g/mol. The Bertz CT molecular complexity index is 417. The summed E-state index contributed by atoms with van der Waals surface area (Å²) in [4.78, 5) is 10.3. The molecule has 0 aliphatic rings. The number of aliphatic hydroxyl groups is 1. The molecule has 0 bridgehead atoms. The van der Waals surface area contributed by atoms with Gasteiger partial charge in [0.25, 0.3) is 0 Å². The molecule has 1 rings (SSSR count). The van der Waals surface area contributed by atoms with E-state index in [2.05, 4.69) is 17.2 Å². The van der Waals surface area contributed by atoms with Crippen molar-refractivity contribution in [1.29, 1.82) is 0 Å². The molecule has 0 fully saturated rings. The molecule has 5 N–H and O–H groups in total. The Morgan fingerprint density at radius 1 is 1.44 bits per heavy atom. The minimum absolute atomic E-state index is 0.189. The average molecular weight is 220 g/mol. The number of anilines is 1. The van der Waals surface area contributed by atoms with E-state index in [-0.39, 0.29) is 6.61 Å². The van der Waals surface area contributed by atoms with Gasteiger partial charge in [-0.25, -0.2) is 4.79 Å². The Morgan fingerprint density at radius 3 is 2.56 bits per heavy atom. The third-order valence-electron chi connectivity index (χ3n) is 1.73. The molecule has 1 aromatic carbocycles. The minimum atomic E-state index is -1.11. The number of aliphatic hydroxyl groups excluding tert-OH is 1. The zero-order valence-electron chi connectivity index (χ0n) is 8.47. The van der Waals surface area contributed by atoms with Gasteiger partial charge >= 0.3 is 6.09 Å². The Labute approximate surface area is 92.9 Å². The summed E-state index contributed by atoms with van der Waals surface area (Å²) in [6, 6.07) is 5.98. The van der Waals surface area contributed by atoms with Crippen molar-refractivity contribution in [2.75, 3.05) is 11.9 Å². The van der Waals surface area contributed by atoms with Crippen LogP contribution in [0.4, 0.5) is 10.5 Å². The molecule has 5 nitrogen and oxygen atoms in total. The fourth-order valence-electron chi connectivity index (χ4n) is 0.982. The lowest BCUT2D eigenvalue weighted by Gasteiger charge is -2.00. The van der Waals surface area contributed by atoms with Crippen LogP contribution in [0.3, 0.4) is 0 Å². The summed E-state index contributed by atoms with van der Waals surface area (Å²) < 4.78 is 0. The summed E-state index contributed by atoms with van der Waals surface area (Å²) in [5, 5.41) is 19.3. The zero-order valence-corrected chi connectivity index (χ0v) is 8.47. The van der Waals surface area contributed by atoms with Crippen LogP contribution >= 0.6 is 0 Å². The van der Waals surface area contributed by atoms with Crippen molar-refractivity contribution in [3.63, 3.8) is 0 Å². The quantitative estimate of drug-likeness (QED) is 0.544. The fraction of sp³-hybridized carbons (Fsp3) is 0.182. The second kappa shape index (κ2) is 5.75. The SMILES string of the molecule is NC(C#Cc1ccc(NC(=O)O)cc1)CO. The normalized spacial score (nSPS) is 11.1. The van der Waals surface area contributed by atoms with Crippen molar-refractivity contribution >= 4 is 11.8 Å². The molecule has 5 heteroatoms. The molecule has 0 saturated heterocycles. The number of nitrogens with two attached hydrogens (primary N) is 1. The number of carboxylic acid groups (broad SMARTS) is 1. The molecular formula is C11H12N2O3. The average Bonchev–Trinajstić information content (AvgIpc) is 2.27. The van der Waals surface area contributed by atoms with E-state index in [0.29, 0.717) is 11.3 Å². The van der Waals surface area contributed by atoms with Gasteiger partial charge in [0.05, 0.1) is 12.6 Å². The van der Waals surface area contributed by atoms with Crippen LogP contribution in [0, 0.1) is 11.8 Å². The van der Waals surface area contributed by atoms with Crippen LogP contribution in [0.2, 0.25) is 0 Å². The van der Waals surface area contributed by atoms with Gasteiger partial charge < -0.3 is 15.9 Å². The molecule has 16 heavy (non-hydrogen) atoms. The molecule has 0 saturated carbocycles. The number of benzene rings is 1. The van der Waals surface area contributed by atoms with Crippen molar-refractivity contribution < 1.29 is 15.0 Å². The molecular weight excluding hydrogens is 208 g/mol. The Kier molecular flexibility index (Phi) is 4.33. The Morgan fingerprint density at radius 2 is 2.06 bits per heavy atom. The summed E-state index contributed by atoms with van der Waals surface area (Å²) in [5.74, 6) is 5.42. The number of hydrogen-bond donors (Lipinski definition) is 4. The molecule has 0 aliphatic carbocycles. The van der Waals surface area contributed by atoms with Crippen LogP contribution in [0.25, 0.3) is 0 Å². The topological polar surface area (TPSA) is 95.6 Å². The van der Waals surface area contributed by atoms with Crippen molar-refractivity contribution in [2.24, 2.45) is 5.73 Å². The maximum Gasteiger partial charge on any atom is 0.409 e. The lowest BCUT2D eigenvalue weighted by atomic mass is 10.2. The smallest absolute Gasteiger partial charge is 0.409 e. The summed E-state index contributed by atoms with van der Waals surface area (Å²) in [7, 11) is 0. The van der Waals surface area contributed by atoms with E-state index in [1.165, 1.54) is 0 Å². The molecule has 84 valence electrons. The number of carbonyl (C=O) groups is 1. The van der Waals surface area contributed by atoms with Crippen LogP contribution in [-0.2, 0) is 0 Å². The first-order chi connectivity index (χ1) is 7.61. The van der Waals surface area contributed by atoms with Crippen LogP contribution < -0.4 is 11.1 Å². The summed E-state index contributed by atoms with van der Waals surface area (Å²) >= 11 is 0. The first kappa shape index (κ1) is 12.0. The van der Waals surface area contributed by atoms with E-state index in [9.17, 15) is 4.79 Å². The van der Waals surface area contributed by atoms with E-state index >= 15 is 0 Å². The molecule has 0 spiro atoms. The lowest BCUT2D eigenvalue weighted by Crippen LogP contribution is -2.21. The highest BCUT2D eigenvalue weighted by Gasteiger charge is 1.96. The third kappa shape index (κ3) is 4.00. The highest BCUT2D eigenvalue weighted by atomic mass is 16.4. The standard InChI is InChI=1S/C11H12N2O3/c12-9(7-14)4-1-8-2-5-10(6-3-8)13-11(15)16/h2-3,5-6,9,13-14H,7,12H2,(H,15,16). The maximum absolute atomic E-state index is 10.3. The molecule has 0 aromatic heterocycles. The lowest BCUT2D eigenvalue weighted by molar-refractivity contribution is 0.210. The number of rotatable bonds is 2. The summed E-state index contributed by atoms with van der Waals surface area (Å²) in [6.07, 6.45) is -1.11. The summed E-state index contributed by atoms with van der Waals surface area (Å²) in [6.45, 7) is -0.189. The van der Waals surface area contributed by atoms with Gasteiger partial charge in [-0.15, -0.1) is 0 Å². The highest BCUT2D eigenvalue weighted by Crippen LogP contribution is 2.08. The van der Waals surface area contributed by atoms with Gasteiger partial charge in [0, 0.05) is 11.3 Å². The van der Waals surface area contributed by atoms with Gasteiger partial charge in [0.2, 0.25) is 0 Å². The number of amides is 1.